The Morgan fingerprint density at radius 2 is 1.90 bits per heavy atom. The van der Waals surface area contributed by atoms with Gasteiger partial charge in [-0.2, -0.15) is 0 Å². The highest BCUT2D eigenvalue weighted by molar-refractivity contribution is 6.30. The molecule has 7 heteroatoms. The topological polar surface area (TPSA) is 59.1 Å². The van der Waals surface area contributed by atoms with Crippen LogP contribution in [0.15, 0.2) is 24.3 Å². The van der Waals surface area contributed by atoms with E-state index in [0.29, 0.717) is 36.9 Å². The predicted molar refractivity (Wildman–Crippen MR) is 121 cm³/mol. The van der Waals surface area contributed by atoms with Crippen molar-refractivity contribution in [2.24, 2.45) is 0 Å². The van der Waals surface area contributed by atoms with E-state index < -0.39 is 5.60 Å². The van der Waals surface area contributed by atoms with E-state index in [0.717, 1.165) is 45.2 Å². The van der Waals surface area contributed by atoms with Crippen LogP contribution in [0.25, 0.3) is 0 Å². The van der Waals surface area contributed by atoms with E-state index in [1.807, 2.05) is 21.9 Å². The smallest absolute Gasteiger partial charge is 0.225 e. The van der Waals surface area contributed by atoms with Crippen molar-refractivity contribution in [1.29, 1.82) is 0 Å². The van der Waals surface area contributed by atoms with E-state index >= 15 is 0 Å². The molecule has 172 valence electrons. The summed E-state index contributed by atoms with van der Waals surface area (Å²) in [6, 6.07) is 7.20. The first-order valence-electron chi connectivity index (χ1n) is 11.6. The van der Waals surface area contributed by atoms with Gasteiger partial charge in [-0.25, -0.2) is 0 Å². The largest absolute Gasteiger partial charge is 0.490 e. The Bertz CT molecular complexity index is 738. The number of benzene rings is 1. The number of nitrogens with zero attached hydrogens (tertiary/aromatic N) is 2. The zero-order valence-electron chi connectivity index (χ0n) is 18.6. The molecular formula is C24H35ClN2O4. The first kappa shape index (κ1) is 23.9. The minimum Gasteiger partial charge on any atom is -0.490 e. The third-order valence-electron chi connectivity index (χ3n) is 6.08. The molecule has 3 rings (SSSR count). The number of hydrogen-bond acceptors (Lipinski definition) is 4. The lowest BCUT2D eigenvalue weighted by atomic mass is 9.95. The molecule has 6 nitrogen and oxygen atoms in total. The van der Waals surface area contributed by atoms with E-state index in [9.17, 15) is 9.59 Å². The quantitative estimate of drug-likeness (QED) is 0.526. The van der Waals surface area contributed by atoms with Crippen LogP contribution in [-0.4, -0.2) is 66.6 Å². The Hall–Kier alpha value is -1.79. The number of piperidine rings is 1. The summed E-state index contributed by atoms with van der Waals surface area (Å²) in [6.45, 7) is 5.26. The second-order valence-corrected chi connectivity index (χ2v) is 9.10. The minimum absolute atomic E-state index is 0.0784. The van der Waals surface area contributed by atoms with Crippen LogP contribution < -0.4 is 4.74 Å². The summed E-state index contributed by atoms with van der Waals surface area (Å²) in [7, 11) is 0. The number of likely N-dealkylation sites (tertiary alicyclic amines) is 1. The van der Waals surface area contributed by atoms with Crippen LogP contribution in [0.3, 0.4) is 0 Å². The number of morpholine rings is 1. The van der Waals surface area contributed by atoms with Crippen molar-refractivity contribution in [2.45, 2.75) is 63.9 Å². The molecule has 1 atom stereocenters. The molecule has 0 N–H and O–H groups in total. The number of hydrogen-bond donors (Lipinski definition) is 0. The van der Waals surface area contributed by atoms with Gasteiger partial charge in [0.1, 0.15) is 18.0 Å². The Morgan fingerprint density at radius 3 is 2.65 bits per heavy atom. The van der Waals surface area contributed by atoms with Gasteiger partial charge in [-0.1, -0.05) is 37.4 Å². The number of halogens is 1. The van der Waals surface area contributed by atoms with Crippen molar-refractivity contribution in [3.05, 3.63) is 29.3 Å². The molecule has 2 heterocycles. The Balaban J connectivity index is 1.70. The molecule has 1 aromatic rings. The van der Waals surface area contributed by atoms with Gasteiger partial charge in [0.15, 0.2) is 0 Å². The zero-order valence-corrected chi connectivity index (χ0v) is 19.4. The maximum atomic E-state index is 13.1. The van der Waals surface area contributed by atoms with E-state index in [4.69, 9.17) is 21.1 Å². The van der Waals surface area contributed by atoms with Gasteiger partial charge in [-0.3, -0.25) is 9.59 Å². The molecule has 0 spiro atoms. The van der Waals surface area contributed by atoms with E-state index in [2.05, 4.69) is 6.92 Å². The van der Waals surface area contributed by atoms with E-state index in [1.54, 1.807) is 12.1 Å². The van der Waals surface area contributed by atoms with Crippen molar-refractivity contribution >= 4 is 23.4 Å². The molecular weight excluding hydrogens is 416 g/mol. The molecule has 0 radical (unpaired) electrons. The maximum Gasteiger partial charge on any atom is 0.225 e. The molecule has 2 fully saturated rings. The molecule has 0 bridgehead atoms. The van der Waals surface area contributed by atoms with Crippen LogP contribution in [0, 0.1) is 0 Å². The van der Waals surface area contributed by atoms with Gasteiger partial charge in [0.2, 0.25) is 11.8 Å². The molecule has 0 aromatic heterocycles. The Labute approximate surface area is 190 Å². The number of ether oxygens (including phenoxy) is 2. The first-order valence-corrected chi connectivity index (χ1v) is 12.0. The first-order chi connectivity index (χ1) is 15.0. The molecule has 2 aliphatic rings. The summed E-state index contributed by atoms with van der Waals surface area (Å²) in [4.78, 5) is 29.7. The zero-order chi connectivity index (χ0) is 22.1. The van der Waals surface area contributed by atoms with Crippen LogP contribution in [0.5, 0.6) is 5.75 Å². The van der Waals surface area contributed by atoms with Gasteiger partial charge in [0, 0.05) is 31.1 Å². The van der Waals surface area contributed by atoms with Gasteiger partial charge >= 0.3 is 0 Å². The molecule has 2 aliphatic heterocycles. The van der Waals surface area contributed by atoms with Gasteiger partial charge in [-0.15, -0.1) is 0 Å². The summed E-state index contributed by atoms with van der Waals surface area (Å²) in [5.41, 5.74) is -0.852. The highest BCUT2D eigenvalue weighted by Crippen LogP contribution is 2.27. The summed E-state index contributed by atoms with van der Waals surface area (Å²) < 4.78 is 12.2. The molecule has 31 heavy (non-hydrogen) atoms. The van der Waals surface area contributed by atoms with Crippen LogP contribution in [-0.2, 0) is 14.3 Å². The maximum absolute atomic E-state index is 13.1. The van der Waals surface area contributed by atoms with Crippen LogP contribution >= 0.6 is 11.6 Å². The molecule has 0 saturated carbocycles. The molecule has 2 saturated heterocycles. The third kappa shape index (κ3) is 7.11. The fraction of sp³-hybridized carbons (Fsp3) is 0.667. The molecule has 1 aromatic carbocycles. The van der Waals surface area contributed by atoms with Crippen molar-refractivity contribution in [3.8, 4) is 5.75 Å². The second kappa shape index (κ2) is 11.7. The average molecular weight is 451 g/mol. The Kier molecular flexibility index (Phi) is 9.02. The SMILES string of the molecule is CCCCCC(=O)N1CCOC(COc2cccc(Cl)c2)(CC(=O)N2CCCCC2)C1. The van der Waals surface area contributed by atoms with Gasteiger partial charge in [0.05, 0.1) is 19.6 Å². The van der Waals surface area contributed by atoms with E-state index in [-0.39, 0.29) is 24.8 Å². The summed E-state index contributed by atoms with van der Waals surface area (Å²) in [5, 5.41) is 0.591. The second-order valence-electron chi connectivity index (χ2n) is 8.67. The van der Waals surface area contributed by atoms with Crippen LogP contribution in [0.4, 0.5) is 0 Å². The lowest BCUT2D eigenvalue weighted by molar-refractivity contribution is -0.166. The minimum atomic E-state index is -0.852. The van der Waals surface area contributed by atoms with E-state index in [1.165, 1.54) is 6.42 Å². The van der Waals surface area contributed by atoms with Gasteiger partial charge < -0.3 is 19.3 Å². The number of amides is 2. The number of carbonyl (C=O) groups is 2. The third-order valence-corrected chi connectivity index (χ3v) is 6.31. The highest BCUT2D eigenvalue weighted by atomic mass is 35.5. The summed E-state index contributed by atoms with van der Waals surface area (Å²) in [5.74, 6) is 0.844. The normalized spacial score (nSPS) is 21.7. The van der Waals surface area contributed by atoms with Crippen molar-refractivity contribution in [3.63, 3.8) is 0 Å². The molecule has 2 amide bonds. The monoisotopic (exact) mass is 450 g/mol. The predicted octanol–water partition coefficient (Wildman–Crippen LogP) is 4.30. The lowest BCUT2D eigenvalue weighted by Gasteiger charge is -2.43. The molecule has 0 aliphatic carbocycles. The number of carbonyl (C=O) groups excluding carboxylic acids is 2. The fourth-order valence-electron chi connectivity index (χ4n) is 4.29. The summed E-state index contributed by atoms with van der Waals surface area (Å²) in [6.07, 6.45) is 7.03. The van der Waals surface area contributed by atoms with Gasteiger partial charge in [-0.05, 0) is 43.9 Å². The van der Waals surface area contributed by atoms with Crippen molar-refractivity contribution < 1.29 is 19.1 Å². The summed E-state index contributed by atoms with van der Waals surface area (Å²) >= 11 is 6.09. The molecule has 1 unspecified atom stereocenters. The fourth-order valence-corrected chi connectivity index (χ4v) is 4.47. The van der Waals surface area contributed by atoms with Crippen LogP contribution in [0.1, 0.15) is 58.3 Å². The average Bonchev–Trinajstić information content (AvgIpc) is 2.79. The standard InChI is InChI=1S/C24H35ClN2O4/c1-2-3-5-11-22(28)27-14-15-31-24(18-27,17-23(29)26-12-6-4-7-13-26)19-30-21-10-8-9-20(25)16-21/h8-10,16H,2-7,11-15,17-19H2,1H3. The Morgan fingerprint density at radius 1 is 1.10 bits per heavy atom. The van der Waals surface area contributed by atoms with Gasteiger partial charge in [0.25, 0.3) is 0 Å². The van der Waals surface area contributed by atoms with Crippen molar-refractivity contribution in [2.75, 3.05) is 39.4 Å². The van der Waals surface area contributed by atoms with Crippen LogP contribution in [0.2, 0.25) is 5.02 Å². The van der Waals surface area contributed by atoms with Crippen molar-refractivity contribution in [1.82, 2.24) is 9.80 Å². The highest BCUT2D eigenvalue weighted by Gasteiger charge is 2.42. The number of rotatable bonds is 9. The number of unbranched alkanes of at least 4 members (excludes halogenated alkanes) is 2. The lowest BCUT2D eigenvalue weighted by Crippen LogP contribution is -2.58.